The van der Waals surface area contributed by atoms with Crippen molar-refractivity contribution in [3.8, 4) is 0 Å². The van der Waals surface area contributed by atoms with Gasteiger partial charge in [0.25, 0.3) is 0 Å². The molecule has 6 heteroatoms. The maximum Gasteiger partial charge on any atom is 0.305 e. The van der Waals surface area contributed by atoms with Gasteiger partial charge in [-0.1, -0.05) is 0 Å². The summed E-state index contributed by atoms with van der Waals surface area (Å²) >= 11 is 0. The van der Waals surface area contributed by atoms with Crippen molar-refractivity contribution in [1.82, 2.24) is 5.32 Å². The summed E-state index contributed by atoms with van der Waals surface area (Å²) in [4.78, 5) is 9.77. The van der Waals surface area contributed by atoms with Crippen LogP contribution < -0.4 is 5.32 Å². The Labute approximate surface area is 92.0 Å². The van der Waals surface area contributed by atoms with E-state index >= 15 is 0 Å². The predicted molar refractivity (Wildman–Crippen MR) is 55.7 cm³/mol. The summed E-state index contributed by atoms with van der Waals surface area (Å²) in [6, 6.07) is 2.59. The summed E-state index contributed by atoms with van der Waals surface area (Å²) in [5, 5.41) is 13.5. The molecule has 0 aliphatic carbocycles. The first-order chi connectivity index (χ1) is 6.68. The SMILES string of the molecule is Cl.O=[N+]([O-])c1cc2c(cc1F)CNCC2. The zero-order valence-corrected chi connectivity index (χ0v) is 8.64. The number of nitro groups is 1. The van der Waals surface area contributed by atoms with Gasteiger partial charge < -0.3 is 5.32 Å². The molecule has 1 aliphatic rings. The molecular formula is C9H10ClFN2O2. The van der Waals surface area contributed by atoms with Crippen molar-refractivity contribution in [1.29, 1.82) is 0 Å². The van der Waals surface area contributed by atoms with E-state index < -0.39 is 16.4 Å². The molecule has 2 rings (SSSR count). The first kappa shape index (κ1) is 11.9. The summed E-state index contributed by atoms with van der Waals surface area (Å²) in [5.74, 6) is -0.752. The summed E-state index contributed by atoms with van der Waals surface area (Å²) in [5.41, 5.74) is 1.27. The van der Waals surface area contributed by atoms with Crippen LogP contribution in [0.5, 0.6) is 0 Å². The monoisotopic (exact) mass is 232 g/mol. The summed E-state index contributed by atoms with van der Waals surface area (Å²) < 4.78 is 13.2. The lowest BCUT2D eigenvalue weighted by Crippen LogP contribution is -2.23. The minimum absolute atomic E-state index is 0. The van der Waals surface area contributed by atoms with E-state index in [1.54, 1.807) is 0 Å². The number of nitrogens with one attached hydrogen (secondary N) is 1. The van der Waals surface area contributed by atoms with Gasteiger partial charge in [-0.15, -0.1) is 12.4 Å². The largest absolute Gasteiger partial charge is 0.312 e. The molecule has 0 saturated heterocycles. The Hall–Kier alpha value is -1.20. The summed E-state index contributed by atoms with van der Waals surface area (Å²) in [6.45, 7) is 1.38. The molecule has 1 N–H and O–H groups in total. The van der Waals surface area contributed by atoms with Crippen molar-refractivity contribution < 1.29 is 9.31 Å². The normalized spacial score (nSPS) is 13.9. The smallest absolute Gasteiger partial charge is 0.305 e. The molecule has 0 saturated carbocycles. The van der Waals surface area contributed by atoms with E-state index in [2.05, 4.69) is 5.32 Å². The third-order valence-electron chi connectivity index (χ3n) is 2.35. The number of hydrogen-bond acceptors (Lipinski definition) is 3. The molecule has 0 fully saturated rings. The van der Waals surface area contributed by atoms with Gasteiger partial charge in [0.2, 0.25) is 5.82 Å². The van der Waals surface area contributed by atoms with Gasteiger partial charge in [0, 0.05) is 12.6 Å². The van der Waals surface area contributed by atoms with Gasteiger partial charge in [-0.25, -0.2) is 0 Å². The first-order valence-corrected chi connectivity index (χ1v) is 4.35. The third kappa shape index (κ3) is 2.24. The molecule has 4 nitrogen and oxygen atoms in total. The second-order valence-electron chi connectivity index (χ2n) is 3.26. The molecule has 0 radical (unpaired) electrons. The molecule has 1 aromatic rings. The molecule has 0 atom stereocenters. The maximum absolute atomic E-state index is 13.2. The molecule has 0 bridgehead atoms. The van der Waals surface area contributed by atoms with Gasteiger partial charge in [0.1, 0.15) is 0 Å². The Bertz CT molecular complexity index is 398. The van der Waals surface area contributed by atoms with Gasteiger partial charge >= 0.3 is 5.69 Å². The minimum Gasteiger partial charge on any atom is -0.312 e. The van der Waals surface area contributed by atoms with Crippen LogP contribution in [-0.2, 0) is 13.0 Å². The molecule has 1 aliphatic heterocycles. The topological polar surface area (TPSA) is 55.2 Å². The van der Waals surface area contributed by atoms with Gasteiger partial charge in [-0.3, -0.25) is 10.1 Å². The number of halogens is 2. The molecule has 0 spiro atoms. The zero-order chi connectivity index (χ0) is 10.1. The highest BCUT2D eigenvalue weighted by Crippen LogP contribution is 2.24. The van der Waals surface area contributed by atoms with Crippen LogP contribution in [0.15, 0.2) is 12.1 Å². The number of nitro benzene ring substituents is 1. The van der Waals surface area contributed by atoms with Gasteiger partial charge in [0.05, 0.1) is 4.92 Å². The van der Waals surface area contributed by atoms with Crippen molar-refractivity contribution in [2.24, 2.45) is 0 Å². The van der Waals surface area contributed by atoms with Crippen molar-refractivity contribution >= 4 is 18.1 Å². The van der Waals surface area contributed by atoms with Crippen LogP contribution in [-0.4, -0.2) is 11.5 Å². The molecule has 0 aromatic heterocycles. The quantitative estimate of drug-likeness (QED) is 0.593. The fourth-order valence-corrected chi connectivity index (χ4v) is 1.63. The van der Waals surface area contributed by atoms with E-state index in [0.29, 0.717) is 6.54 Å². The van der Waals surface area contributed by atoms with Crippen molar-refractivity contribution in [3.05, 3.63) is 39.2 Å². The highest BCUT2D eigenvalue weighted by Gasteiger charge is 2.19. The first-order valence-electron chi connectivity index (χ1n) is 4.35. The highest BCUT2D eigenvalue weighted by atomic mass is 35.5. The number of rotatable bonds is 1. The van der Waals surface area contributed by atoms with Crippen LogP contribution in [0.25, 0.3) is 0 Å². The Morgan fingerprint density at radius 2 is 2.13 bits per heavy atom. The molecule has 82 valence electrons. The summed E-state index contributed by atoms with van der Waals surface area (Å²) in [6.07, 6.45) is 0.719. The number of hydrogen-bond donors (Lipinski definition) is 1. The van der Waals surface area contributed by atoms with Gasteiger partial charge in [-0.2, -0.15) is 4.39 Å². The Morgan fingerprint density at radius 1 is 1.40 bits per heavy atom. The van der Waals surface area contributed by atoms with Crippen LogP contribution >= 0.6 is 12.4 Å². The van der Waals surface area contributed by atoms with Gasteiger partial charge in [-0.05, 0) is 30.2 Å². The lowest BCUT2D eigenvalue weighted by molar-refractivity contribution is -0.387. The van der Waals surface area contributed by atoms with Crippen LogP contribution in [0.1, 0.15) is 11.1 Å². The molecular weight excluding hydrogens is 223 g/mol. The lowest BCUT2D eigenvalue weighted by Gasteiger charge is -2.16. The molecule has 0 unspecified atom stereocenters. The second kappa shape index (κ2) is 4.55. The second-order valence-corrected chi connectivity index (χ2v) is 3.26. The van der Waals surface area contributed by atoms with E-state index in [9.17, 15) is 14.5 Å². The molecule has 1 aromatic carbocycles. The van der Waals surface area contributed by atoms with E-state index in [1.807, 2.05) is 0 Å². The molecule has 0 amide bonds. The standard InChI is InChI=1S/C9H9FN2O2.ClH/c10-8-3-7-5-11-2-1-6(7)4-9(8)12(13)14;/h3-4,11H,1-2,5H2;1H. The fraction of sp³-hybridized carbons (Fsp3) is 0.333. The van der Waals surface area contributed by atoms with E-state index in [0.717, 1.165) is 24.1 Å². The van der Waals surface area contributed by atoms with E-state index in [-0.39, 0.29) is 12.4 Å². The van der Waals surface area contributed by atoms with Crippen molar-refractivity contribution in [3.63, 3.8) is 0 Å². The average molecular weight is 233 g/mol. The predicted octanol–water partition coefficient (Wildman–Crippen LogP) is 1.80. The zero-order valence-electron chi connectivity index (χ0n) is 7.83. The fourth-order valence-electron chi connectivity index (χ4n) is 1.63. The minimum atomic E-state index is -0.752. The van der Waals surface area contributed by atoms with Gasteiger partial charge in [0.15, 0.2) is 0 Å². The number of fused-ring (bicyclic) bond motifs is 1. The molecule has 15 heavy (non-hydrogen) atoms. The van der Waals surface area contributed by atoms with Crippen LogP contribution in [0.4, 0.5) is 10.1 Å². The Balaban J connectivity index is 0.00000112. The van der Waals surface area contributed by atoms with Crippen LogP contribution in [0, 0.1) is 15.9 Å². The lowest BCUT2D eigenvalue weighted by atomic mass is 10.0. The third-order valence-corrected chi connectivity index (χ3v) is 2.35. The number of benzene rings is 1. The van der Waals surface area contributed by atoms with E-state index in [4.69, 9.17) is 0 Å². The maximum atomic E-state index is 13.2. The van der Waals surface area contributed by atoms with E-state index in [1.165, 1.54) is 12.1 Å². The Morgan fingerprint density at radius 3 is 2.80 bits per heavy atom. The van der Waals surface area contributed by atoms with Crippen LogP contribution in [0.3, 0.4) is 0 Å². The van der Waals surface area contributed by atoms with Crippen molar-refractivity contribution in [2.45, 2.75) is 13.0 Å². The average Bonchev–Trinajstić information content (AvgIpc) is 2.16. The Kier molecular flexibility index (Phi) is 3.60. The van der Waals surface area contributed by atoms with Crippen molar-refractivity contribution in [2.75, 3.05) is 6.54 Å². The summed E-state index contributed by atoms with van der Waals surface area (Å²) in [7, 11) is 0. The highest BCUT2D eigenvalue weighted by molar-refractivity contribution is 5.85. The number of nitrogens with zero attached hydrogens (tertiary/aromatic N) is 1. The van der Waals surface area contributed by atoms with Crippen LogP contribution in [0.2, 0.25) is 0 Å². The molecule has 1 heterocycles.